The molecule has 30 heavy (non-hydrogen) atoms. The molecule has 1 unspecified atom stereocenters. The highest BCUT2D eigenvalue weighted by atomic mass is 16.7. The van der Waals surface area contributed by atoms with Crippen molar-refractivity contribution in [2.75, 3.05) is 6.61 Å². The van der Waals surface area contributed by atoms with Gasteiger partial charge in [0, 0.05) is 19.4 Å². The van der Waals surface area contributed by atoms with Crippen molar-refractivity contribution in [1.29, 1.82) is 0 Å². The molecule has 5 atom stereocenters. The maximum atomic E-state index is 10.8. The van der Waals surface area contributed by atoms with E-state index < -0.39 is 5.97 Å². The molecule has 0 bridgehead atoms. The fourth-order valence-corrected chi connectivity index (χ4v) is 4.82. The van der Waals surface area contributed by atoms with Crippen molar-refractivity contribution in [1.82, 2.24) is 0 Å². The normalized spacial score (nSPS) is 29.4. The van der Waals surface area contributed by atoms with Crippen LogP contribution in [0.3, 0.4) is 0 Å². The van der Waals surface area contributed by atoms with Gasteiger partial charge in [-0.25, -0.2) is 0 Å². The Morgan fingerprint density at radius 3 is 2.63 bits per heavy atom. The lowest BCUT2D eigenvalue weighted by atomic mass is 9.86. The van der Waals surface area contributed by atoms with Crippen molar-refractivity contribution in [2.45, 2.75) is 108 Å². The van der Waals surface area contributed by atoms with Gasteiger partial charge in [0.25, 0.3) is 0 Å². The number of unbranched alkanes of at least 4 members (excludes halogenated alkanes) is 5. The molecule has 2 aliphatic rings. The zero-order valence-corrected chi connectivity index (χ0v) is 18.6. The molecule has 1 heterocycles. The molecule has 2 N–H and O–H groups in total. The summed E-state index contributed by atoms with van der Waals surface area (Å²) < 4.78 is 12.1. The quantitative estimate of drug-likeness (QED) is 0.264. The van der Waals surface area contributed by atoms with E-state index in [9.17, 15) is 9.90 Å². The summed E-state index contributed by atoms with van der Waals surface area (Å²) in [7, 11) is 0. The summed E-state index contributed by atoms with van der Waals surface area (Å²) in [6.45, 7) is 4.56. The molecule has 0 amide bonds. The van der Waals surface area contributed by atoms with E-state index in [-0.39, 0.29) is 30.8 Å². The molecular weight excluding hydrogens is 380 g/mol. The van der Waals surface area contributed by atoms with Gasteiger partial charge in [0.1, 0.15) is 0 Å². The Kier molecular flexibility index (Phi) is 12.4. The predicted octanol–water partition coefficient (Wildman–Crippen LogP) is 5.62. The Balaban J connectivity index is 1.85. The largest absolute Gasteiger partial charge is 0.481 e. The van der Waals surface area contributed by atoms with E-state index in [4.69, 9.17) is 14.6 Å². The van der Waals surface area contributed by atoms with E-state index in [1.165, 1.54) is 25.7 Å². The Hall–Kier alpha value is -1.17. The maximum Gasteiger partial charge on any atom is 0.303 e. The van der Waals surface area contributed by atoms with Crippen LogP contribution >= 0.6 is 0 Å². The zero-order chi connectivity index (χ0) is 21.6. The van der Waals surface area contributed by atoms with Crippen molar-refractivity contribution in [3.05, 3.63) is 24.8 Å². The number of carboxylic acids is 1. The minimum absolute atomic E-state index is 0.0710. The summed E-state index contributed by atoms with van der Waals surface area (Å²) in [5.74, 6) is -0.177. The van der Waals surface area contributed by atoms with Crippen molar-refractivity contribution in [2.24, 2.45) is 11.8 Å². The van der Waals surface area contributed by atoms with Gasteiger partial charge in [0.05, 0.1) is 12.2 Å². The summed E-state index contributed by atoms with van der Waals surface area (Å²) in [6.07, 6.45) is 19.2. The third kappa shape index (κ3) is 9.32. The van der Waals surface area contributed by atoms with E-state index in [1.54, 1.807) is 0 Å². The molecule has 172 valence electrons. The molecule has 5 nitrogen and oxygen atoms in total. The van der Waals surface area contributed by atoms with Gasteiger partial charge in [-0.2, -0.15) is 0 Å². The van der Waals surface area contributed by atoms with Crippen LogP contribution in [0.2, 0.25) is 0 Å². The first-order valence-electron chi connectivity index (χ1n) is 12.0. The second-order valence-electron chi connectivity index (χ2n) is 8.87. The monoisotopic (exact) mass is 422 g/mol. The molecule has 1 saturated carbocycles. The highest BCUT2D eigenvalue weighted by molar-refractivity contribution is 5.66. The topological polar surface area (TPSA) is 76.0 Å². The molecule has 1 aliphatic carbocycles. The number of carbonyl (C=O) groups is 1. The standard InChI is InChI=1S/C25H42O5/c1-2-3-4-5-6-10-15-21-20(14-9-7-8-11-16-24(27)28)22(26)19-23(21)30-25-17-12-13-18-29-25/h2,7,9,20-23,25-26H,1,3-6,8,10-19H2,(H,27,28)/b9-7-/t20-,21-,22+,23-,25?/m1/s1. The summed E-state index contributed by atoms with van der Waals surface area (Å²) >= 11 is 0. The second-order valence-corrected chi connectivity index (χ2v) is 8.87. The molecule has 2 fully saturated rings. The molecule has 0 radical (unpaired) electrons. The van der Waals surface area contributed by atoms with Gasteiger partial charge < -0.3 is 19.7 Å². The average molecular weight is 423 g/mol. The SMILES string of the molecule is C=CCCCCCC[C@@H]1[C@@H](C/C=C\CCCC(=O)O)[C@@H](O)C[C@H]1OC1CCCCO1. The van der Waals surface area contributed by atoms with Crippen LogP contribution < -0.4 is 0 Å². The van der Waals surface area contributed by atoms with Gasteiger partial charge in [-0.15, -0.1) is 6.58 Å². The predicted molar refractivity (Wildman–Crippen MR) is 119 cm³/mol. The van der Waals surface area contributed by atoms with Gasteiger partial charge in [-0.3, -0.25) is 4.79 Å². The van der Waals surface area contributed by atoms with Crippen LogP contribution in [0.5, 0.6) is 0 Å². The van der Waals surface area contributed by atoms with E-state index in [2.05, 4.69) is 18.7 Å². The number of ether oxygens (including phenoxy) is 2. The second kappa shape index (κ2) is 14.8. The number of aliphatic carboxylic acids is 1. The molecule has 0 aromatic rings. The molecule has 0 spiro atoms. The van der Waals surface area contributed by atoms with Gasteiger partial charge in [-0.05, 0) is 69.6 Å². The van der Waals surface area contributed by atoms with E-state index in [0.29, 0.717) is 18.8 Å². The Bertz CT molecular complexity index is 512. The molecule has 1 saturated heterocycles. The van der Waals surface area contributed by atoms with Gasteiger partial charge in [-0.1, -0.05) is 37.5 Å². The third-order valence-corrected chi connectivity index (χ3v) is 6.49. The van der Waals surface area contributed by atoms with Gasteiger partial charge in [0.2, 0.25) is 0 Å². The first kappa shape index (κ1) is 25.1. The van der Waals surface area contributed by atoms with E-state index >= 15 is 0 Å². The highest BCUT2D eigenvalue weighted by Crippen LogP contribution is 2.41. The summed E-state index contributed by atoms with van der Waals surface area (Å²) in [4.78, 5) is 10.6. The first-order chi connectivity index (χ1) is 14.6. The third-order valence-electron chi connectivity index (χ3n) is 6.49. The van der Waals surface area contributed by atoms with Crippen molar-refractivity contribution < 1.29 is 24.5 Å². The summed E-state index contributed by atoms with van der Waals surface area (Å²) in [5, 5.41) is 19.5. The summed E-state index contributed by atoms with van der Waals surface area (Å²) in [5.41, 5.74) is 0. The first-order valence-corrected chi connectivity index (χ1v) is 12.0. The molecule has 5 heteroatoms. The lowest BCUT2D eigenvalue weighted by Crippen LogP contribution is -2.31. The van der Waals surface area contributed by atoms with E-state index in [1.807, 2.05) is 6.08 Å². The Labute approximate surface area is 182 Å². The summed E-state index contributed by atoms with van der Waals surface area (Å²) in [6, 6.07) is 0. The highest BCUT2D eigenvalue weighted by Gasteiger charge is 2.43. The van der Waals surface area contributed by atoms with Crippen LogP contribution in [0, 0.1) is 11.8 Å². The molecule has 0 aromatic heterocycles. The number of rotatable bonds is 15. The number of aliphatic hydroxyl groups excluding tert-OH is 1. The van der Waals surface area contributed by atoms with Crippen LogP contribution in [0.1, 0.15) is 89.9 Å². The van der Waals surface area contributed by atoms with Crippen molar-refractivity contribution in [3.8, 4) is 0 Å². The smallest absolute Gasteiger partial charge is 0.303 e. The molecule has 0 aromatic carbocycles. The van der Waals surface area contributed by atoms with Crippen LogP contribution in [0.4, 0.5) is 0 Å². The number of hydrogen-bond donors (Lipinski definition) is 2. The van der Waals surface area contributed by atoms with Crippen LogP contribution in [0.25, 0.3) is 0 Å². The minimum atomic E-state index is -0.743. The maximum absolute atomic E-state index is 10.8. The fraction of sp³-hybridized carbons (Fsp3) is 0.800. The Morgan fingerprint density at radius 2 is 1.90 bits per heavy atom. The van der Waals surface area contributed by atoms with Gasteiger partial charge in [0.15, 0.2) is 6.29 Å². The van der Waals surface area contributed by atoms with E-state index in [0.717, 1.165) is 51.6 Å². The number of allylic oxidation sites excluding steroid dienone is 3. The van der Waals surface area contributed by atoms with Crippen LogP contribution in [0.15, 0.2) is 24.8 Å². The van der Waals surface area contributed by atoms with Gasteiger partial charge >= 0.3 is 5.97 Å². The fourth-order valence-electron chi connectivity index (χ4n) is 4.82. The molecule has 1 aliphatic heterocycles. The number of hydrogen-bond acceptors (Lipinski definition) is 4. The van der Waals surface area contributed by atoms with Crippen LogP contribution in [-0.4, -0.2) is 41.3 Å². The zero-order valence-electron chi connectivity index (χ0n) is 18.6. The van der Waals surface area contributed by atoms with Crippen molar-refractivity contribution >= 4 is 5.97 Å². The van der Waals surface area contributed by atoms with Crippen LogP contribution in [-0.2, 0) is 14.3 Å². The molecule has 2 rings (SSSR count). The number of aliphatic hydroxyl groups is 1. The molecular formula is C25H42O5. The number of carboxylic acid groups (broad SMARTS) is 1. The van der Waals surface area contributed by atoms with Crippen molar-refractivity contribution in [3.63, 3.8) is 0 Å². The lowest BCUT2D eigenvalue weighted by Gasteiger charge is -2.30. The lowest BCUT2D eigenvalue weighted by molar-refractivity contribution is -0.196. The average Bonchev–Trinajstić information content (AvgIpc) is 3.02. The minimum Gasteiger partial charge on any atom is -0.481 e. The Morgan fingerprint density at radius 1 is 1.07 bits per heavy atom.